The lowest BCUT2D eigenvalue weighted by molar-refractivity contribution is 0.0934. The van der Waals surface area contributed by atoms with Gasteiger partial charge in [0.05, 0.1) is 22.7 Å². The first-order chi connectivity index (χ1) is 18.6. The van der Waals surface area contributed by atoms with Gasteiger partial charge in [0.2, 0.25) is 0 Å². The summed E-state index contributed by atoms with van der Waals surface area (Å²) in [4.78, 5) is 27.6. The monoisotopic (exact) mass is 573 g/mol. The summed E-state index contributed by atoms with van der Waals surface area (Å²) in [5.41, 5.74) is -0.516. The van der Waals surface area contributed by atoms with Gasteiger partial charge < -0.3 is 4.74 Å². The van der Waals surface area contributed by atoms with Crippen LogP contribution in [0.25, 0.3) is 11.1 Å². The largest absolute Gasteiger partial charge is 0.494 e. The molecule has 0 spiro atoms. The minimum Gasteiger partial charge on any atom is -0.494 e. The van der Waals surface area contributed by atoms with E-state index in [1.165, 1.54) is 48.1 Å². The van der Waals surface area contributed by atoms with Gasteiger partial charge in [0.25, 0.3) is 5.56 Å². The van der Waals surface area contributed by atoms with Crippen LogP contribution in [0.3, 0.4) is 0 Å². The molecule has 0 fully saturated rings. The number of methoxy groups -OCH3 is 1. The smallest absolute Gasteiger partial charge is 0.260 e. The summed E-state index contributed by atoms with van der Waals surface area (Å²) in [6, 6.07) is 10.5. The highest BCUT2D eigenvalue weighted by molar-refractivity contribution is 7.99. The summed E-state index contributed by atoms with van der Waals surface area (Å²) in [6.07, 6.45) is -0.257. The molecule has 1 unspecified atom stereocenters. The molecule has 0 saturated carbocycles. The topological polar surface area (TPSA) is 48.3 Å². The van der Waals surface area contributed by atoms with Gasteiger partial charge in [-0.1, -0.05) is 35.9 Å². The number of ether oxygens (including phenoxy) is 1. The zero-order valence-corrected chi connectivity index (χ0v) is 22.2. The fourth-order valence-corrected chi connectivity index (χ4v) is 6.42. The molecule has 1 atom stereocenters. The van der Waals surface area contributed by atoms with Crippen LogP contribution in [-0.4, -0.2) is 23.2 Å². The number of halogens is 5. The molecule has 200 valence electrons. The van der Waals surface area contributed by atoms with Crippen molar-refractivity contribution >= 4 is 29.1 Å². The number of hydrogen-bond donors (Lipinski definition) is 0. The Kier molecular flexibility index (Phi) is 7.31. The molecule has 0 saturated heterocycles. The first kappa shape index (κ1) is 27.0. The van der Waals surface area contributed by atoms with E-state index in [-0.39, 0.29) is 45.2 Å². The van der Waals surface area contributed by atoms with Gasteiger partial charge in [-0.25, -0.2) is 17.6 Å². The fraction of sp³-hybridized carbons (Fsp3) is 0.172. The van der Waals surface area contributed by atoms with Crippen molar-refractivity contribution < 1.29 is 27.1 Å². The van der Waals surface area contributed by atoms with Crippen LogP contribution < -0.4 is 10.3 Å². The van der Waals surface area contributed by atoms with E-state index in [0.29, 0.717) is 16.2 Å². The second kappa shape index (κ2) is 10.5. The van der Waals surface area contributed by atoms with Gasteiger partial charge in [-0.2, -0.15) is 0 Å². The van der Waals surface area contributed by atoms with E-state index < -0.39 is 40.7 Å². The number of carbonyl (C=O) groups excluding carboxylic acids is 1. The SMILES string of the molecule is COc1cccc(-c2c(C)c(Cc3c(F)cccc3F)c3n(c2=O)C(C(=O)c2cccc(F)c2Cl)CS3)c1F. The minimum atomic E-state index is -1.12. The molecule has 4 nitrogen and oxygen atoms in total. The Hall–Kier alpha value is -3.56. The maximum atomic E-state index is 15.5. The van der Waals surface area contributed by atoms with E-state index in [0.717, 1.165) is 30.0 Å². The summed E-state index contributed by atoms with van der Waals surface area (Å²) < 4.78 is 65.3. The van der Waals surface area contributed by atoms with E-state index in [1.54, 1.807) is 6.92 Å². The molecular formula is C29H20ClF4NO3S. The highest BCUT2D eigenvalue weighted by Crippen LogP contribution is 2.42. The quantitative estimate of drug-likeness (QED) is 0.181. The molecule has 0 aliphatic carbocycles. The molecule has 1 aliphatic rings. The minimum absolute atomic E-state index is 0.0764. The maximum Gasteiger partial charge on any atom is 0.260 e. The molecule has 0 radical (unpaired) electrons. The molecule has 2 heterocycles. The average Bonchev–Trinajstić information content (AvgIpc) is 3.35. The number of rotatable bonds is 6. The molecule has 5 rings (SSSR count). The first-order valence-corrected chi connectivity index (χ1v) is 13.2. The highest BCUT2D eigenvalue weighted by Gasteiger charge is 2.36. The summed E-state index contributed by atoms with van der Waals surface area (Å²) in [5, 5.41) is -0.0630. The molecule has 1 aromatic heterocycles. The third-order valence-electron chi connectivity index (χ3n) is 6.81. The lowest BCUT2D eigenvalue weighted by Gasteiger charge is -2.21. The molecule has 4 aromatic rings. The van der Waals surface area contributed by atoms with Gasteiger partial charge in [0, 0.05) is 28.9 Å². The normalized spacial score (nSPS) is 14.4. The second-order valence-electron chi connectivity index (χ2n) is 8.95. The molecule has 0 N–H and O–H groups in total. The van der Waals surface area contributed by atoms with Crippen molar-refractivity contribution in [3.63, 3.8) is 0 Å². The van der Waals surface area contributed by atoms with Crippen LogP contribution >= 0.6 is 23.4 Å². The van der Waals surface area contributed by atoms with Crippen LogP contribution in [0.2, 0.25) is 5.02 Å². The van der Waals surface area contributed by atoms with Crippen molar-refractivity contribution in [2.24, 2.45) is 0 Å². The Balaban J connectivity index is 1.79. The molecular weight excluding hydrogens is 554 g/mol. The second-order valence-corrected chi connectivity index (χ2v) is 10.3. The average molecular weight is 574 g/mol. The van der Waals surface area contributed by atoms with Gasteiger partial charge in [-0.05, 0) is 48.4 Å². The molecule has 10 heteroatoms. The van der Waals surface area contributed by atoms with Crippen molar-refractivity contribution in [2.45, 2.75) is 24.4 Å². The number of aromatic nitrogens is 1. The van der Waals surface area contributed by atoms with Gasteiger partial charge in [0.1, 0.15) is 23.5 Å². The Labute approximate surface area is 230 Å². The Bertz CT molecular complexity index is 1690. The lowest BCUT2D eigenvalue weighted by atomic mass is 9.93. The Morgan fingerprint density at radius 2 is 1.64 bits per heavy atom. The lowest BCUT2D eigenvalue weighted by Crippen LogP contribution is -2.32. The number of hydrogen-bond acceptors (Lipinski definition) is 4. The van der Waals surface area contributed by atoms with E-state index in [1.807, 2.05) is 0 Å². The van der Waals surface area contributed by atoms with Crippen molar-refractivity contribution in [3.8, 4) is 16.9 Å². The fourth-order valence-electron chi connectivity index (χ4n) is 4.83. The van der Waals surface area contributed by atoms with Crippen LogP contribution in [0.15, 0.2) is 64.4 Å². The first-order valence-electron chi connectivity index (χ1n) is 11.8. The number of thioether (sulfide) groups is 1. The van der Waals surface area contributed by atoms with Gasteiger partial charge >= 0.3 is 0 Å². The van der Waals surface area contributed by atoms with Gasteiger partial charge in [-0.15, -0.1) is 11.8 Å². The van der Waals surface area contributed by atoms with E-state index in [9.17, 15) is 22.8 Å². The maximum absolute atomic E-state index is 15.5. The number of Topliss-reactive ketones (excluding diaryl/α,β-unsaturated/α-hetero) is 1. The molecule has 39 heavy (non-hydrogen) atoms. The van der Waals surface area contributed by atoms with Crippen molar-refractivity contribution in [1.29, 1.82) is 0 Å². The molecule has 3 aromatic carbocycles. The number of fused-ring (bicyclic) bond motifs is 1. The Morgan fingerprint density at radius 3 is 2.33 bits per heavy atom. The summed E-state index contributed by atoms with van der Waals surface area (Å²) in [5.74, 6) is -3.79. The third kappa shape index (κ3) is 4.53. The number of nitrogens with zero attached hydrogens (tertiary/aromatic N) is 1. The number of carbonyl (C=O) groups is 1. The third-order valence-corrected chi connectivity index (χ3v) is 8.40. The molecule has 0 bridgehead atoms. The van der Waals surface area contributed by atoms with Gasteiger partial charge in [0.15, 0.2) is 17.3 Å². The van der Waals surface area contributed by atoms with Crippen molar-refractivity contribution in [1.82, 2.24) is 4.57 Å². The summed E-state index contributed by atoms with van der Waals surface area (Å²) in [6.45, 7) is 1.57. The van der Waals surface area contributed by atoms with Crippen molar-refractivity contribution in [3.05, 3.63) is 115 Å². The van der Waals surface area contributed by atoms with Crippen molar-refractivity contribution in [2.75, 3.05) is 12.9 Å². The molecule has 0 amide bonds. The zero-order chi connectivity index (χ0) is 28.0. The van der Waals surface area contributed by atoms with Crippen LogP contribution in [0.1, 0.15) is 33.1 Å². The van der Waals surface area contributed by atoms with Crippen LogP contribution in [-0.2, 0) is 6.42 Å². The van der Waals surface area contributed by atoms with Crippen LogP contribution in [0.5, 0.6) is 5.75 Å². The molecule has 1 aliphatic heterocycles. The van der Waals surface area contributed by atoms with Crippen LogP contribution in [0.4, 0.5) is 17.6 Å². The van der Waals surface area contributed by atoms with E-state index in [2.05, 4.69) is 0 Å². The van der Waals surface area contributed by atoms with E-state index in [4.69, 9.17) is 16.3 Å². The predicted octanol–water partition coefficient (Wildman–Crippen LogP) is 7.16. The predicted molar refractivity (Wildman–Crippen MR) is 142 cm³/mol. The Morgan fingerprint density at radius 1 is 1.00 bits per heavy atom. The summed E-state index contributed by atoms with van der Waals surface area (Å²) in [7, 11) is 1.28. The van der Waals surface area contributed by atoms with E-state index >= 15 is 4.39 Å². The van der Waals surface area contributed by atoms with Crippen LogP contribution in [0, 0.1) is 30.2 Å². The standard InChI is InChI=1S/C29H20ClF4NO3S/c1-14-17(12-18-19(31)8-5-9-20(18)32)29-35(28(37)24(14)15-6-4-11-23(38-2)26(15)34)22(13-39-29)27(36)16-7-3-10-21(33)25(16)30/h3-11,22H,12-13H2,1-2H3. The number of pyridine rings is 1. The highest BCUT2D eigenvalue weighted by atomic mass is 35.5. The number of ketones is 1. The van der Waals surface area contributed by atoms with Gasteiger partial charge in [-0.3, -0.25) is 14.2 Å². The summed E-state index contributed by atoms with van der Waals surface area (Å²) >= 11 is 7.23. The zero-order valence-electron chi connectivity index (χ0n) is 20.7. The number of benzene rings is 3.